The van der Waals surface area contributed by atoms with Crippen molar-refractivity contribution in [2.75, 3.05) is 19.0 Å². The van der Waals surface area contributed by atoms with E-state index in [2.05, 4.69) is 38.4 Å². The molecule has 0 atom stereocenters. The van der Waals surface area contributed by atoms with E-state index in [0.717, 1.165) is 33.5 Å². The van der Waals surface area contributed by atoms with Crippen molar-refractivity contribution in [1.29, 1.82) is 0 Å². The van der Waals surface area contributed by atoms with Crippen LogP contribution in [0, 0.1) is 0 Å². The van der Waals surface area contributed by atoms with Gasteiger partial charge in [0.25, 0.3) is 0 Å². The minimum absolute atomic E-state index is 0.559. The SMILES string of the molecule is C=CCn1c(SCc2ccc(Cl)c(Cl)c2)nnc1-c1cccc(N(C)C)c1. The van der Waals surface area contributed by atoms with Crippen molar-refractivity contribution in [3.8, 4) is 11.4 Å². The smallest absolute Gasteiger partial charge is 0.192 e. The molecule has 2 aromatic carbocycles. The van der Waals surface area contributed by atoms with Crippen LogP contribution in [0.3, 0.4) is 0 Å². The molecule has 0 fully saturated rings. The van der Waals surface area contributed by atoms with Crippen molar-refractivity contribution in [3.63, 3.8) is 0 Å². The highest BCUT2D eigenvalue weighted by Crippen LogP contribution is 2.30. The lowest BCUT2D eigenvalue weighted by Gasteiger charge is -2.14. The van der Waals surface area contributed by atoms with Crippen molar-refractivity contribution < 1.29 is 0 Å². The fourth-order valence-corrected chi connectivity index (χ4v) is 3.81. The zero-order valence-corrected chi connectivity index (χ0v) is 17.5. The molecule has 3 aromatic rings. The van der Waals surface area contributed by atoms with Crippen LogP contribution in [0.5, 0.6) is 0 Å². The first kappa shape index (κ1) is 19.8. The Kier molecular flexibility index (Phi) is 6.47. The number of halogens is 2. The van der Waals surface area contributed by atoms with E-state index in [1.54, 1.807) is 11.8 Å². The predicted octanol–water partition coefficient (Wildman–Crippen LogP) is 5.80. The van der Waals surface area contributed by atoms with Gasteiger partial charge in [-0.15, -0.1) is 16.8 Å². The average Bonchev–Trinajstić information content (AvgIpc) is 3.06. The van der Waals surface area contributed by atoms with E-state index in [1.165, 1.54) is 0 Å². The molecule has 0 saturated carbocycles. The number of anilines is 1. The lowest BCUT2D eigenvalue weighted by Crippen LogP contribution is -2.08. The third kappa shape index (κ3) is 4.67. The molecular weight excluding hydrogens is 399 g/mol. The molecule has 0 bridgehead atoms. The third-order valence-electron chi connectivity index (χ3n) is 4.00. The average molecular weight is 419 g/mol. The highest BCUT2D eigenvalue weighted by atomic mass is 35.5. The molecule has 1 aromatic heterocycles. The molecule has 4 nitrogen and oxygen atoms in total. The van der Waals surface area contributed by atoms with Gasteiger partial charge in [0.05, 0.1) is 10.0 Å². The van der Waals surface area contributed by atoms with Gasteiger partial charge in [-0.1, -0.05) is 59.2 Å². The van der Waals surface area contributed by atoms with Crippen molar-refractivity contribution in [2.24, 2.45) is 0 Å². The quantitative estimate of drug-likeness (QED) is 0.358. The molecule has 3 rings (SSSR count). The Morgan fingerprint density at radius 1 is 1.11 bits per heavy atom. The normalized spacial score (nSPS) is 10.8. The minimum Gasteiger partial charge on any atom is -0.378 e. The maximum absolute atomic E-state index is 6.11. The largest absolute Gasteiger partial charge is 0.378 e. The van der Waals surface area contributed by atoms with Crippen LogP contribution in [-0.4, -0.2) is 28.9 Å². The van der Waals surface area contributed by atoms with E-state index < -0.39 is 0 Å². The van der Waals surface area contributed by atoms with Crippen molar-refractivity contribution in [1.82, 2.24) is 14.8 Å². The lowest BCUT2D eigenvalue weighted by atomic mass is 10.2. The minimum atomic E-state index is 0.559. The molecule has 0 aliphatic heterocycles. The number of hydrogen-bond donors (Lipinski definition) is 0. The first-order valence-corrected chi connectivity index (χ1v) is 10.1. The zero-order valence-electron chi connectivity index (χ0n) is 15.2. The van der Waals surface area contributed by atoms with Crippen LogP contribution < -0.4 is 4.90 Å². The van der Waals surface area contributed by atoms with Gasteiger partial charge in [0, 0.05) is 37.6 Å². The predicted molar refractivity (Wildman–Crippen MR) is 116 cm³/mol. The van der Waals surface area contributed by atoms with Gasteiger partial charge >= 0.3 is 0 Å². The van der Waals surface area contributed by atoms with E-state index in [9.17, 15) is 0 Å². The standard InChI is InChI=1S/C20H20Cl2N4S/c1-4-10-26-19(15-6-5-7-16(12-15)25(2)3)23-24-20(26)27-13-14-8-9-17(21)18(22)11-14/h4-9,11-12H,1,10,13H2,2-3H3. The number of aromatic nitrogens is 3. The Bertz CT molecular complexity index is 953. The second kappa shape index (κ2) is 8.83. The Labute approximate surface area is 173 Å². The number of thioether (sulfide) groups is 1. The summed E-state index contributed by atoms with van der Waals surface area (Å²) in [6.07, 6.45) is 1.85. The summed E-state index contributed by atoms with van der Waals surface area (Å²) in [7, 11) is 4.04. The van der Waals surface area contributed by atoms with Gasteiger partial charge in [0.1, 0.15) is 0 Å². The third-order valence-corrected chi connectivity index (χ3v) is 5.78. The molecule has 0 amide bonds. The molecule has 0 aliphatic rings. The van der Waals surface area contributed by atoms with Crippen LogP contribution >= 0.6 is 35.0 Å². The van der Waals surface area contributed by atoms with Gasteiger partial charge in [0.15, 0.2) is 11.0 Å². The lowest BCUT2D eigenvalue weighted by molar-refractivity contribution is 0.731. The summed E-state index contributed by atoms with van der Waals surface area (Å²) >= 11 is 13.7. The van der Waals surface area contributed by atoms with Crippen LogP contribution in [0.1, 0.15) is 5.56 Å². The van der Waals surface area contributed by atoms with Crippen molar-refractivity contribution in [3.05, 3.63) is 70.7 Å². The van der Waals surface area contributed by atoms with Crippen LogP contribution in [0.15, 0.2) is 60.3 Å². The van der Waals surface area contributed by atoms with Gasteiger partial charge < -0.3 is 4.90 Å². The van der Waals surface area contributed by atoms with Crippen molar-refractivity contribution in [2.45, 2.75) is 17.5 Å². The second-order valence-electron chi connectivity index (χ2n) is 6.19. The maximum Gasteiger partial charge on any atom is 0.192 e. The zero-order chi connectivity index (χ0) is 19.4. The summed E-state index contributed by atoms with van der Waals surface area (Å²) < 4.78 is 2.07. The molecule has 0 spiro atoms. The van der Waals surface area contributed by atoms with E-state index in [-0.39, 0.29) is 0 Å². The summed E-state index contributed by atoms with van der Waals surface area (Å²) in [6, 6.07) is 13.9. The van der Waals surface area contributed by atoms with Gasteiger partial charge in [-0.05, 0) is 29.8 Å². The van der Waals surface area contributed by atoms with Gasteiger partial charge in [-0.25, -0.2) is 0 Å². The highest BCUT2D eigenvalue weighted by molar-refractivity contribution is 7.98. The van der Waals surface area contributed by atoms with Gasteiger partial charge in [-0.3, -0.25) is 4.57 Å². The second-order valence-corrected chi connectivity index (χ2v) is 7.94. The summed E-state index contributed by atoms with van der Waals surface area (Å²) in [6.45, 7) is 4.51. The van der Waals surface area contributed by atoms with Crippen LogP contribution in [0.25, 0.3) is 11.4 Å². The molecule has 0 unspecified atom stereocenters. The Morgan fingerprint density at radius 3 is 2.63 bits per heavy atom. The monoisotopic (exact) mass is 418 g/mol. The molecule has 27 heavy (non-hydrogen) atoms. The molecule has 0 N–H and O–H groups in total. The number of nitrogens with zero attached hydrogens (tertiary/aromatic N) is 4. The van der Waals surface area contributed by atoms with Crippen LogP contribution in [0.4, 0.5) is 5.69 Å². The molecular formula is C20H20Cl2N4S. The first-order valence-electron chi connectivity index (χ1n) is 8.38. The van der Waals surface area contributed by atoms with E-state index in [1.807, 2.05) is 50.5 Å². The Hall–Kier alpha value is -1.95. The van der Waals surface area contributed by atoms with Gasteiger partial charge in [0.2, 0.25) is 0 Å². The Morgan fingerprint density at radius 2 is 1.93 bits per heavy atom. The molecule has 0 radical (unpaired) electrons. The Balaban J connectivity index is 1.87. The fraction of sp³-hybridized carbons (Fsp3) is 0.200. The van der Waals surface area contributed by atoms with Gasteiger partial charge in [-0.2, -0.15) is 0 Å². The van der Waals surface area contributed by atoms with E-state index >= 15 is 0 Å². The van der Waals surface area contributed by atoms with E-state index in [0.29, 0.717) is 16.6 Å². The summed E-state index contributed by atoms with van der Waals surface area (Å²) in [5.41, 5.74) is 3.22. The molecule has 0 aliphatic carbocycles. The molecule has 140 valence electrons. The highest BCUT2D eigenvalue weighted by Gasteiger charge is 2.14. The maximum atomic E-state index is 6.11. The molecule has 7 heteroatoms. The van der Waals surface area contributed by atoms with Crippen LogP contribution in [-0.2, 0) is 12.3 Å². The summed E-state index contributed by atoms with van der Waals surface area (Å²) in [5, 5.41) is 10.8. The van der Waals surface area contributed by atoms with Crippen molar-refractivity contribution >= 4 is 40.7 Å². The summed E-state index contributed by atoms with van der Waals surface area (Å²) in [5.74, 6) is 1.56. The number of hydrogen-bond acceptors (Lipinski definition) is 4. The number of allylic oxidation sites excluding steroid dienone is 1. The number of rotatable bonds is 7. The molecule has 1 heterocycles. The van der Waals surface area contributed by atoms with Crippen LogP contribution in [0.2, 0.25) is 10.0 Å². The van der Waals surface area contributed by atoms with E-state index in [4.69, 9.17) is 23.2 Å². The number of benzene rings is 2. The fourth-order valence-electron chi connectivity index (χ4n) is 2.60. The molecule has 0 saturated heterocycles. The topological polar surface area (TPSA) is 34.0 Å². The summed E-state index contributed by atoms with van der Waals surface area (Å²) in [4.78, 5) is 2.07. The first-order chi connectivity index (χ1) is 13.0.